The van der Waals surface area contributed by atoms with Crippen LogP contribution in [-0.2, 0) is 39.2 Å². The first-order valence-corrected chi connectivity index (χ1v) is 17.5. The van der Waals surface area contributed by atoms with Gasteiger partial charge in [-0.25, -0.2) is 18.2 Å². The lowest BCUT2D eigenvalue weighted by atomic mass is 10.1. The van der Waals surface area contributed by atoms with Crippen molar-refractivity contribution < 1.29 is 36.3 Å². The van der Waals surface area contributed by atoms with Crippen molar-refractivity contribution in [2.75, 3.05) is 11.9 Å². The maximum absolute atomic E-state index is 13.8. The number of carbonyl (C=O) groups excluding carboxylic acids is 1. The first-order chi connectivity index (χ1) is 22.6. The van der Waals surface area contributed by atoms with Crippen LogP contribution in [0.1, 0.15) is 43.5 Å². The SMILES string of the molecule is CCCCNCc1ccc(-c2nc(CN(Cc3ccc(Cl)c(Cl)c3)S(=O)(=O)c3ccc(NC(C)=O)cc3)cs2)cc1.O=C(O)C(F)(F)F. The Hall–Kier alpha value is -3.53. The summed E-state index contributed by atoms with van der Waals surface area (Å²) >= 11 is 13.8. The monoisotopic (exact) mass is 744 g/mol. The van der Waals surface area contributed by atoms with E-state index in [1.54, 1.807) is 30.3 Å². The topological polar surface area (TPSA) is 129 Å². The van der Waals surface area contributed by atoms with Crippen molar-refractivity contribution in [3.63, 3.8) is 0 Å². The summed E-state index contributed by atoms with van der Waals surface area (Å²) in [5.74, 6) is -2.99. The van der Waals surface area contributed by atoms with Gasteiger partial charge in [-0.1, -0.05) is 66.9 Å². The summed E-state index contributed by atoms with van der Waals surface area (Å²) in [6, 6.07) is 19.4. The summed E-state index contributed by atoms with van der Waals surface area (Å²) in [5.41, 5.74) is 4.01. The fourth-order valence-electron chi connectivity index (χ4n) is 4.12. The quantitative estimate of drug-likeness (QED) is 0.118. The zero-order chi connectivity index (χ0) is 35.5. The largest absolute Gasteiger partial charge is 0.490 e. The molecule has 0 aliphatic rings. The van der Waals surface area contributed by atoms with E-state index in [4.69, 9.17) is 38.1 Å². The average molecular weight is 746 g/mol. The Labute approximate surface area is 290 Å². The van der Waals surface area contributed by atoms with Gasteiger partial charge in [-0.15, -0.1) is 11.3 Å². The number of hydrogen-bond donors (Lipinski definition) is 3. The summed E-state index contributed by atoms with van der Waals surface area (Å²) in [6.45, 7) is 5.51. The van der Waals surface area contributed by atoms with Gasteiger partial charge in [-0.3, -0.25) is 4.79 Å². The minimum absolute atomic E-state index is 0.0615. The van der Waals surface area contributed by atoms with Crippen LogP contribution in [-0.4, -0.2) is 47.4 Å². The van der Waals surface area contributed by atoms with Crippen LogP contribution < -0.4 is 10.6 Å². The minimum atomic E-state index is -5.08. The maximum Gasteiger partial charge on any atom is 0.490 e. The Kier molecular flexibility index (Phi) is 14.4. The third-order valence-corrected chi connectivity index (χ3v) is 10.0. The predicted octanol–water partition coefficient (Wildman–Crippen LogP) is 7.99. The van der Waals surface area contributed by atoms with E-state index in [1.807, 2.05) is 17.5 Å². The summed E-state index contributed by atoms with van der Waals surface area (Å²) in [4.78, 5) is 25.1. The number of carbonyl (C=O) groups is 2. The molecule has 0 unspecified atom stereocenters. The molecule has 1 amide bonds. The molecule has 0 spiro atoms. The van der Waals surface area contributed by atoms with E-state index in [0.717, 1.165) is 36.5 Å². The first kappa shape index (κ1) is 38.9. The normalized spacial score (nSPS) is 11.6. The number of alkyl halides is 3. The smallest absolute Gasteiger partial charge is 0.475 e. The third-order valence-electron chi connectivity index (χ3n) is 6.53. The number of hydrogen-bond acceptors (Lipinski definition) is 7. The molecule has 0 radical (unpaired) electrons. The van der Waals surface area contributed by atoms with Crippen molar-refractivity contribution in [2.24, 2.45) is 0 Å². The van der Waals surface area contributed by atoms with Gasteiger partial charge in [0, 0.05) is 36.6 Å². The Morgan fingerprint density at radius 3 is 2.15 bits per heavy atom. The number of benzene rings is 3. The zero-order valence-electron chi connectivity index (χ0n) is 25.9. The number of nitrogens with zero attached hydrogens (tertiary/aromatic N) is 2. The summed E-state index contributed by atoms with van der Waals surface area (Å²) < 4.78 is 60.7. The molecule has 3 N–H and O–H groups in total. The molecule has 3 aromatic carbocycles. The van der Waals surface area contributed by atoms with Gasteiger partial charge in [0.2, 0.25) is 15.9 Å². The molecule has 0 saturated carbocycles. The number of thiazole rings is 1. The Balaban J connectivity index is 0.000000804. The molecular formula is C32H33Cl2F3N4O5S2. The van der Waals surface area contributed by atoms with Crippen molar-refractivity contribution in [3.8, 4) is 10.6 Å². The van der Waals surface area contributed by atoms with Gasteiger partial charge in [-0.2, -0.15) is 17.5 Å². The van der Waals surface area contributed by atoms with Gasteiger partial charge >= 0.3 is 12.1 Å². The van der Waals surface area contributed by atoms with Crippen LogP contribution in [0.15, 0.2) is 77.0 Å². The van der Waals surface area contributed by atoms with E-state index in [0.29, 0.717) is 27.0 Å². The first-order valence-electron chi connectivity index (χ1n) is 14.5. The Morgan fingerprint density at radius 2 is 1.58 bits per heavy atom. The average Bonchev–Trinajstić information content (AvgIpc) is 3.49. The number of rotatable bonds is 13. The number of aromatic nitrogens is 1. The van der Waals surface area contributed by atoms with Gasteiger partial charge in [0.15, 0.2) is 0 Å². The van der Waals surface area contributed by atoms with Crippen LogP contribution in [0.25, 0.3) is 10.6 Å². The van der Waals surface area contributed by atoms with Gasteiger partial charge in [0.25, 0.3) is 0 Å². The van der Waals surface area contributed by atoms with Gasteiger partial charge < -0.3 is 15.7 Å². The molecule has 48 heavy (non-hydrogen) atoms. The number of aliphatic carboxylic acids is 1. The highest BCUT2D eigenvalue weighted by Gasteiger charge is 2.38. The standard InChI is InChI=1S/C30H32Cl2N4O3S2.C2HF3O2/c1-3-4-15-33-17-22-5-8-24(9-6-22)30-35-26(20-40-30)19-36(18-23-7-14-28(31)29(32)16-23)41(38,39)27-12-10-25(11-13-27)34-21(2)37;3-2(4,5)1(6)7/h5-14,16,20,33H,3-4,15,17-19H2,1-2H3,(H,34,37);(H,6,7). The van der Waals surface area contributed by atoms with Crippen LogP contribution in [0.5, 0.6) is 0 Å². The van der Waals surface area contributed by atoms with E-state index >= 15 is 0 Å². The second-order valence-electron chi connectivity index (χ2n) is 10.4. The van der Waals surface area contributed by atoms with Crippen molar-refractivity contribution in [3.05, 3.63) is 99.0 Å². The number of anilines is 1. The highest BCUT2D eigenvalue weighted by atomic mass is 35.5. The molecule has 0 bridgehead atoms. The molecule has 0 aliphatic carbocycles. The molecule has 0 atom stereocenters. The number of carboxylic acids is 1. The lowest BCUT2D eigenvalue weighted by Crippen LogP contribution is -2.30. The number of halogens is 5. The molecule has 4 rings (SSSR count). The number of amides is 1. The second kappa shape index (κ2) is 17.7. The van der Waals surface area contributed by atoms with E-state index in [2.05, 4.69) is 29.7 Å². The van der Waals surface area contributed by atoms with E-state index in [1.165, 1.54) is 40.3 Å². The fraction of sp³-hybridized carbons (Fsp3) is 0.281. The maximum atomic E-state index is 13.8. The lowest BCUT2D eigenvalue weighted by molar-refractivity contribution is -0.192. The highest BCUT2D eigenvalue weighted by molar-refractivity contribution is 7.89. The van der Waals surface area contributed by atoms with E-state index < -0.39 is 22.2 Å². The molecule has 258 valence electrons. The van der Waals surface area contributed by atoms with Gasteiger partial charge in [0.05, 0.1) is 27.2 Å². The number of carboxylic acid groups (broad SMARTS) is 1. The summed E-state index contributed by atoms with van der Waals surface area (Å²) in [5, 5.41) is 16.7. The number of sulfonamides is 1. The predicted molar refractivity (Wildman–Crippen MR) is 181 cm³/mol. The van der Waals surface area contributed by atoms with Gasteiger partial charge in [-0.05, 0) is 60.5 Å². The molecule has 0 fully saturated rings. The summed E-state index contributed by atoms with van der Waals surface area (Å²) in [7, 11) is -3.94. The zero-order valence-corrected chi connectivity index (χ0v) is 29.0. The van der Waals surface area contributed by atoms with Crippen molar-refractivity contribution in [1.82, 2.24) is 14.6 Å². The molecule has 0 aliphatic heterocycles. The molecular weight excluding hydrogens is 712 g/mol. The molecule has 16 heteroatoms. The van der Waals surface area contributed by atoms with Crippen LogP contribution in [0.4, 0.5) is 18.9 Å². The lowest BCUT2D eigenvalue weighted by Gasteiger charge is -2.22. The molecule has 1 heterocycles. The molecule has 4 aromatic rings. The second-order valence-corrected chi connectivity index (χ2v) is 14.0. The van der Waals surface area contributed by atoms with Gasteiger partial charge in [0.1, 0.15) is 5.01 Å². The Morgan fingerprint density at radius 1 is 0.958 bits per heavy atom. The van der Waals surface area contributed by atoms with Crippen molar-refractivity contribution in [1.29, 1.82) is 0 Å². The highest BCUT2D eigenvalue weighted by Crippen LogP contribution is 2.29. The fourth-order valence-corrected chi connectivity index (χ4v) is 6.66. The number of unbranched alkanes of at least 4 members (excludes halogenated alkanes) is 1. The van der Waals surface area contributed by atoms with Crippen molar-refractivity contribution >= 4 is 62.1 Å². The van der Waals surface area contributed by atoms with Crippen LogP contribution in [0.3, 0.4) is 0 Å². The van der Waals surface area contributed by atoms with Crippen LogP contribution in [0.2, 0.25) is 10.0 Å². The van der Waals surface area contributed by atoms with Crippen LogP contribution in [0, 0.1) is 0 Å². The van der Waals surface area contributed by atoms with Crippen molar-refractivity contribution in [2.45, 2.75) is 57.4 Å². The number of nitrogens with one attached hydrogen (secondary N) is 2. The Bertz CT molecular complexity index is 1790. The minimum Gasteiger partial charge on any atom is -0.475 e. The third kappa shape index (κ3) is 11.9. The van der Waals surface area contributed by atoms with E-state index in [-0.39, 0.29) is 23.9 Å². The molecule has 9 nitrogen and oxygen atoms in total. The summed E-state index contributed by atoms with van der Waals surface area (Å²) in [6.07, 6.45) is -2.77. The molecule has 0 saturated heterocycles. The molecule has 1 aromatic heterocycles. The van der Waals surface area contributed by atoms with E-state index in [9.17, 15) is 26.4 Å². The van der Waals surface area contributed by atoms with Crippen LogP contribution >= 0.6 is 34.5 Å².